The zero-order chi connectivity index (χ0) is 14.8. The number of esters is 1. The summed E-state index contributed by atoms with van der Waals surface area (Å²) in [5.74, 6) is -0.315. The minimum atomic E-state index is -0.315. The number of hydrogen-bond donors (Lipinski definition) is 0. The summed E-state index contributed by atoms with van der Waals surface area (Å²) in [6, 6.07) is 11.8. The Hall–Kier alpha value is -2.62. The van der Waals surface area contributed by atoms with Crippen LogP contribution in [0.1, 0.15) is 22.8 Å². The van der Waals surface area contributed by atoms with Gasteiger partial charge in [-0.2, -0.15) is 0 Å². The highest BCUT2D eigenvalue weighted by atomic mass is 16.5. The summed E-state index contributed by atoms with van der Waals surface area (Å²) >= 11 is 0. The topological polar surface area (TPSA) is 43.6 Å². The Morgan fingerprint density at radius 3 is 2.62 bits per heavy atom. The molecule has 0 unspecified atom stereocenters. The summed E-state index contributed by atoms with van der Waals surface area (Å²) in [5, 5.41) is 0. The van der Waals surface area contributed by atoms with Gasteiger partial charge in [0.1, 0.15) is 5.65 Å². The van der Waals surface area contributed by atoms with Crippen LogP contribution in [0, 0.1) is 6.92 Å². The van der Waals surface area contributed by atoms with Crippen LogP contribution in [0.3, 0.4) is 0 Å². The maximum absolute atomic E-state index is 11.7. The third kappa shape index (κ3) is 2.65. The summed E-state index contributed by atoms with van der Waals surface area (Å²) in [6.07, 6.45) is 3.67. The predicted octanol–water partition coefficient (Wildman–Crippen LogP) is 3.49. The normalized spacial score (nSPS) is 10.8. The summed E-state index contributed by atoms with van der Waals surface area (Å²) < 4.78 is 6.86. The van der Waals surface area contributed by atoms with Crippen LogP contribution in [-0.2, 0) is 4.74 Å². The fraction of sp³-hybridized carbons (Fsp3) is 0.176. The van der Waals surface area contributed by atoms with E-state index in [2.05, 4.69) is 24.0 Å². The minimum Gasteiger partial charge on any atom is -0.462 e. The Kier molecular flexibility index (Phi) is 3.44. The molecule has 0 radical (unpaired) electrons. The summed E-state index contributed by atoms with van der Waals surface area (Å²) in [4.78, 5) is 16.3. The van der Waals surface area contributed by atoms with Crippen LogP contribution in [0.4, 0.5) is 0 Å². The number of carbonyl (C=O) groups is 1. The van der Waals surface area contributed by atoms with Gasteiger partial charge in [0.25, 0.3) is 0 Å². The highest BCUT2D eigenvalue weighted by Crippen LogP contribution is 2.20. The quantitative estimate of drug-likeness (QED) is 0.690. The molecular formula is C17H16N2O2. The number of carbonyl (C=O) groups excluding carboxylic acids is 1. The number of hydrogen-bond acceptors (Lipinski definition) is 3. The Balaban J connectivity index is 2.00. The van der Waals surface area contributed by atoms with Crippen molar-refractivity contribution in [1.82, 2.24) is 9.38 Å². The van der Waals surface area contributed by atoms with Gasteiger partial charge in [-0.05, 0) is 26.0 Å². The van der Waals surface area contributed by atoms with Crippen LogP contribution >= 0.6 is 0 Å². The Morgan fingerprint density at radius 2 is 1.90 bits per heavy atom. The lowest BCUT2D eigenvalue weighted by Crippen LogP contribution is -2.05. The maximum atomic E-state index is 11.7. The van der Waals surface area contributed by atoms with E-state index in [4.69, 9.17) is 4.74 Å². The Bertz CT molecular complexity index is 788. The lowest BCUT2D eigenvalue weighted by Gasteiger charge is -2.01. The molecule has 21 heavy (non-hydrogen) atoms. The lowest BCUT2D eigenvalue weighted by molar-refractivity contribution is 0.0526. The van der Waals surface area contributed by atoms with Crippen LogP contribution in [-0.4, -0.2) is 22.0 Å². The number of ether oxygens (including phenoxy) is 1. The molecule has 0 fully saturated rings. The molecule has 0 saturated heterocycles. The van der Waals surface area contributed by atoms with Crippen LogP contribution < -0.4 is 0 Å². The molecule has 0 aliphatic carbocycles. The van der Waals surface area contributed by atoms with Gasteiger partial charge in [0.05, 0.1) is 17.9 Å². The standard InChI is InChI=1S/C17H16N2O2/c1-3-21-17(20)14-8-9-16-18-15(11-19(16)10-14)13-6-4-12(2)5-7-13/h4-11H,3H2,1-2H3. The number of pyridine rings is 1. The molecule has 0 atom stereocenters. The summed E-state index contributed by atoms with van der Waals surface area (Å²) in [7, 11) is 0. The van der Waals surface area contributed by atoms with Gasteiger partial charge in [-0.15, -0.1) is 0 Å². The summed E-state index contributed by atoms with van der Waals surface area (Å²) in [6.45, 7) is 4.22. The second-order valence-electron chi connectivity index (χ2n) is 4.90. The number of fused-ring (bicyclic) bond motifs is 1. The first-order chi connectivity index (χ1) is 10.2. The molecule has 0 amide bonds. The molecule has 0 spiro atoms. The molecule has 4 nitrogen and oxygen atoms in total. The van der Waals surface area contributed by atoms with Gasteiger partial charge in [0, 0.05) is 18.0 Å². The van der Waals surface area contributed by atoms with E-state index in [0.29, 0.717) is 12.2 Å². The van der Waals surface area contributed by atoms with E-state index >= 15 is 0 Å². The average molecular weight is 280 g/mol. The SMILES string of the molecule is CCOC(=O)c1ccc2nc(-c3ccc(C)cc3)cn2c1. The number of imidazole rings is 1. The smallest absolute Gasteiger partial charge is 0.339 e. The van der Waals surface area contributed by atoms with Crippen LogP contribution in [0.5, 0.6) is 0 Å². The number of aryl methyl sites for hydroxylation is 1. The average Bonchev–Trinajstić information content (AvgIpc) is 2.91. The number of rotatable bonds is 3. The molecule has 0 bridgehead atoms. The van der Waals surface area contributed by atoms with Crippen molar-refractivity contribution in [1.29, 1.82) is 0 Å². The van der Waals surface area contributed by atoms with Gasteiger partial charge < -0.3 is 9.14 Å². The molecule has 4 heteroatoms. The number of aromatic nitrogens is 2. The van der Waals surface area contributed by atoms with Crippen LogP contribution in [0.15, 0.2) is 48.8 Å². The number of benzene rings is 1. The molecule has 0 N–H and O–H groups in total. The van der Waals surface area contributed by atoms with Crippen molar-refractivity contribution in [3.8, 4) is 11.3 Å². The van der Waals surface area contributed by atoms with E-state index in [1.54, 1.807) is 19.2 Å². The molecule has 106 valence electrons. The fourth-order valence-corrected chi connectivity index (χ4v) is 2.19. The van der Waals surface area contributed by atoms with Gasteiger partial charge in [0.2, 0.25) is 0 Å². The van der Waals surface area contributed by atoms with Crippen molar-refractivity contribution in [2.45, 2.75) is 13.8 Å². The molecule has 2 heterocycles. The van der Waals surface area contributed by atoms with Crippen molar-refractivity contribution in [3.05, 3.63) is 59.9 Å². The van der Waals surface area contributed by atoms with E-state index in [-0.39, 0.29) is 5.97 Å². The maximum Gasteiger partial charge on any atom is 0.339 e. The molecule has 2 aromatic heterocycles. The van der Waals surface area contributed by atoms with Crippen molar-refractivity contribution >= 4 is 11.6 Å². The van der Waals surface area contributed by atoms with E-state index in [1.807, 2.05) is 28.8 Å². The van der Waals surface area contributed by atoms with Crippen molar-refractivity contribution in [3.63, 3.8) is 0 Å². The Morgan fingerprint density at radius 1 is 1.14 bits per heavy atom. The van der Waals surface area contributed by atoms with Crippen LogP contribution in [0.2, 0.25) is 0 Å². The fourth-order valence-electron chi connectivity index (χ4n) is 2.19. The van der Waals surface area contributed by atoms with Crippen molar-refractivity contribution in [2.75, 3.05) is 6.61 Å². The highest BCUT2D eigenvalue weighted by Gasteiger charge is 2.09. The minimum absolute atomic E-state index is 0.315. The summed E-state index contributed by atoms with van der Waals surface area (Å²) in [5.41, 5.74) is 4.49. The molecule has 0 aliphatic heterocycles. The van der Waals surface area contributed by atoms with Gasteiger partial charge in [-0.3, -0.25) is 0 Å². The van der Waals surface area contributed by atoms with Gasteiger partial charge >= 0.3 is 5.97 Å². The second-order valence-corrected chi connectivity index (χ2v) is 4.90. The number of nitrogens with zero attached hydrogens (tertiary/aromatic N) is 2. The Labute approximate surface area is 123 Å². The second kappa shape index (κ2) is 5.40. The highest BCUT2D eigenvalue weighted by molar-refractivity contribution is 5.89. The third-order valence-electron chi connectivity index (χ3n) is 3.31. The molecule has 3 aromatic rings. The zero-order valence-electron chi connectivity index (χ0n) is 12.0. The van der Waals surface area contributed by atoms with E-state index in [0.717, 1.165) is 16.9 Å². The van der Waals surface area contributed by atoms with Gasteiger partial charge in [-0.1, -0.05) is 29.8 Å². The molecule has 1 aromatic carbocycles. The van der Waals surface area contributed by atoms with E-state index in [9.17, 15) is 4.79 Å². The predicted molar refractivity (Wildman–Crippen MR) is 81.3 cm³/mol. The third-order valence-corrected chi connectivity index (χ3v) is 3.31. The molecular weight excluding hydrogens is 264 g/mol. The monoisotopic (exact) mass is 280 g/mol. The van der Waals surface area contributed by atoms with Crippen molar-refractivity contribution in [2.24, 2.45) is 0 Å². The van der Waals surface area contributed by atoms with E-state index in [1.165, 1.54) is 5.56 Å². The molecule has 0 aliphatic rings. The first kappa shape index (κ1) is 13.4. The molecule has 3 rings (SSSR count). The van der Waals surface area contributed by atoms with Crippen LogP contribution in [0.25, 0.3) is 16.9 Å². The zero-order valence-corrected chi connectivity index (χ0v) is 12.0. The van der Waals surface area contributed by atoms with E-state index < -0.39 is 0 Å². The largest absolute Gasteiger partial charge is 0.462 e. The van der Waals surface area contributed by atoms with Gasteiger partial charge in [-0.25, -0.2) is 9.78 Å². The van der Waals surface area contributed by atoms with Gasteiger partial charge in [0.15, 0.2) is 0 Å². The lowest BCUT2D eigenvalue weighted by atomic mass is 10.1. The molecule has 0 saturated carbocycles. The van der Waals surface area contributed by atoms with Crippen molar-refractivity contribution < 1.29 is 9.53 Å². The first-order valence-electron chi connectivity index (χ1n) is 6.90. The first-order valence-corrected chi connectivity index (χ1v) is 6.90.